The van der Waals surface area contributed by atoms with Gasteiger partial charge in [-0.1, -0.05) is 30.2 Å². The number of aromatic nitrogens is 1. The molecule has 2 aromatic rings. The molecule has 1 aromatic carbocycles. The molecule has 0 amide bonds. The first-order valence-corrected chi connectivity index (χ1v) is 17.9. The Kier molecular flexibility index (Phi) is 14.5. The highest BCUT2D eigenvalue weighted by atomic mass is 32.2. The van der Waals surface area contributed by atoms with Crippen LogP contribution in [-0.2, 0) is 35.4 Å². The zero-order valence-corrected chi connectivity index (χ0v) is 26.8. The van der Waals surface area contributed by atoms with E-state index >= 15 is 0 Å². The Labute approximate surface area is 263 Å². The largest absolute Gasteiger partial charge is 0.545 e. The van der Waals surface area contributed by atoms with Gasteiger partial charge < -0.3 is 31.8 Å². The highest BCUT2D eigenvalue weighted by Crippen LogP contribution is 2.22. The molecule has 0 unspecified atom stereocenters. The fraction of sp³-hybridized carbons (Fsp3) is 0.375. The van der Waals surface area contributed by atoms with E-state index in [1.807, 2.05) is 5.38 Å². The van der Waals surface area contributed by atoms with Crippen LogP contribution in [0.25, 0.3) is 0 Å². The molecule has 3 rings (SSSR count). The second-order valence-corrected chi connectivity index (χ2v) is 14.3. The second-order valence-electron chi connectivity index (χ2n) is 8.95. The molecule has 16 nitrogen and oxygen atoms in total. The van der Waals surface area contributed by atoms with Crippen molar-refractivity contribution < 1.29 is 41.6 Å². The lowest BCUT2D eigenvalue weighted by molar-refractivity contribution is -0.355. The number of benzene rings is 1. The van der Waals surface area contributed by atoms with E-state index < -0.39 is 32.0 Å². The fourth-order valence-corrected chi connectivity index (χ4v) is 7.68. The number of hydrogen-bond acceptors (Lipinski definition) is 11. The van der Waals surface area contributed by atoms with Crippen LogP contribution < -0.4 is 36.3 Å². The Hall–Kier alpha value is -3.72. The van der Waals surface area contributed by atoms with E-state index in [4.69, 9.17) is 16.6 Å². The van der Waals surface area contributed by atoms with Gasteiger partial charge in [0.15, 0.2) is 0 Å². The summed E-state index contributed by atoms with van der Waals surface area (Å²) in [6.45, 7) is 0.443. The van der Waals surface area contributed by atoms with Crippen molar-refractivity contribution in [3.63, 3.8) is 0 Å². The average Bonchev–Trinajstić information content (AvgIpc) is 3.63. The maximum atomic E-state index is 12.9. The van der Waals surface area contributed by atoms with Crippen molar-refractivity contribution in [2.24, 2.45) is 16.5 Å². The first-order valence-electron chi connectivity index (χ1n) is 12.9. The number of nitrogens with one attached hydrogen (secondary N) is 4. The molecule has 0 bridgehead atoms. The molecule has 0 aliphatic heterocycles. The number of carboxylic acid groups (broad SMARTS) is 2. The van der Waals surface area contributed by atoms with Crippen LogP contribution in [0.15, 0.2) is 56.6 Å². The summed E-state index contributed by atoms with van der Waals surface area (Å²) in [6, 6.07) is 5.16. The highest BCUT2D eigenvalue weighted by Gasteiger charge is 2.25. The van der Waals surface area contributed by atoms with Gasteiger partial charge in [0.1, 0.15) is 5.69 Å². The molecular weight excluding hydrogens is 657 g/mol. The summed E-state index contributed by atoms with van der Waals surface area (Å²) in [5.41, 5.74) is 11.7. The van der Waals surface area contributed by atoms with Crippen LogP contribution in [0, 0.1) is 0 Å². The summed E-state index contributed by atoms with van der Waals surface area (Å²) in [4.78, 5) is 29.8. The van der Waals surface area contributed by atoms with Crippen LogP contribution >= 0.6 is 23.1 Å². The number of hydrogen-bond donors (Lipinski definition) is 7. The first kappa shape index (κ1) is 36.5. The van der Waals surface area contributed by atoms with E-state index in [9.17, 15) is 31.5 Å². The molecule has 0 spiro atoms. The van der Waals surface area contributed by atoms with Crippen molar-refractivity contribution in [1.82, 2.24) is 19.7 Å². The predicted octanol–water partition coefficient (Wildman–Crippen LogP) is -2.49. The molecule has 20 heteroatoms. The number of nitrogens with two attached hydrogens (primary N) is 2. The number of guanidine groups is 2. The number of carbonyl (C=O) groups excluding carboxylic acids is 1. The molecule has 9 N–H and O–H groups in total. The van der Waals surface area contributed by atoms with E-state index in [0.29, 0.717) is 35.3 Å². The molecule has 1 saturated carbocycles. The van der Waals surface area contributed by atoms with Gasteiger partial charge in [-0.2, -0.15) is 11.8 Å². The van der Waals surface area contributed by atoms with Crippen molar-refractivity contribution in [3.05, 3.63) is 47.5 Å². The minimum Gasteiger partial charge on any atom is -0.545 e. The second kappa shape index (κ2) is 17.5. The van der Waals surface area contributed by atoms with Crippen molar-refractivity contribution in [3.8, 4) is 0 Å². The summed E-state index contributed by atoms with van der Waals surface area (Å²) in [6.07, 6.45) is 4.45. The third kappa shape index (κ3) is 13.3. The smallest absolute Gasteiger partial charge is 0.328 e. The van der Waals surface area contributed by atoms with Crippen LogP contribution in [0.5, 0.6) is 0 Å². The zero-order valence-electron chi connectivity index (χ0n) is 23.6. The molecule has 0 radical (unpaired) electrons. The first-order chi connectivity index (χ1) is 20.7. The highest BCUT2D eigenvalue weighted by molar-refractivity contribution is 7.98. The summed E-state index contributed by atoms with van der Waals surface area (Å²) in [5.74, 6) is -1.35. The third-order valence-electron chi connectivity index (χ3n) is 5.51. The minimum atomic E-state index is -4.05. The van der Waals surface area contributed by atoms with Gasteiger partial charge in [-0.25, -0.2) is 36.1 Å². The number of carboxylic acids is 2. The fourth-order valence-electron chi connectivity index (χ4n) is 3.60. The topological polar surface area (TPSA) is 273 Å². The quantitative estimate of drug-likeness (QED) is 0.0497. The number of thiazole rings is 1. The van der Waals surface area contributed by atoms with Gasteiger partial charge in [-0.05, 0) is 37.1 Å². The molecule has 1 fully saturated rings. The van der Waals surface area contributed by atoms with E-state index in [-0.39, 0.29) is 27.8 Å². The van der Waals surface area contributed by atoms with Gasteiger partial charge in [0.05, 0.1) is 15.8 Å². The van der Waals surface area contributed by atoms with Crippen molar-refractivity contribution in [1.29, 1.82) is 0 Å². The summed E-state index contributed by atoms with van der Waals surface area (Å²) in [7, 11) is -6.42. The van der Waals surface area contributed by atoms with Crippen LogP contribution in [0.3, 0.4) is 0 Å². The van der Waals surface area contributed by atoms with Gasteiger partial charge in [-0.3, -0.25) is 4.99 Å². The average molecular weight is 691 g/mol. The molecule has 0 atom stereocenters. The summed E-state index contributed by atoms with van der Waals surface area (Å²) in [5, 5.41) is 22.7. The third-order valence-corrected chi connectivity index (χ3v) is 10.2. The van der Waals surface area contributed by atoms with Crippen LogP contribution in [0.4, 0.5) is 5.13 Å². The number of aliphatic carboxylic acids is 2. The lowest BCUT2D eigenvalue weighted by Gasteiger charge is -2.14. The molecule has 0 saturated heterocycles. The predicted molar refractivity (Wildman–Crippen MR) is 165 cm³/mol. The Morgan fingerprint density at radius 2 is 1.84 bits per heavy atom. The minimum absolute atomic E-state index is 0.0574. The van der Waals surface area contributed by atoms with E-state index in [2.05, 4.69) is 29.7 Å². The van der Waals surface area contributed by atoms with E-state index in [1.54, 1.807) is 11.8 Å². The number of aliphatic imine (C=N–C) groups is 1. The molecule has 1 heterocycles. The Morgan fingerprint density at radius 3 is 2.41 bits per heavy atom. The Bertz CT molecular complexity index is 1560. The lowest BCUT2D eigenvalue weighted by Crippen LogP contribution is -2.72. The number of sulfonamides is 2. The van der Waals surface area contributed by atoms with Gasteiger partial charge in [0.2, 0.25) is 16.0 Å². The van der Waals surface area contributed by atoms with Crippen molar-refractivity contribution in [2.45, 2.75) is 47.3 Å². The molecule has 1 aliphatic carbocycles. The maximum Gasteiger partial charge on any atom is 0.328 e. The van der Waals surface area contributed by atoms with Crippen molar-refractivity contribution >= 4 is 72.1 Å². The number of rotatable bonds is 13. The normalized spacial score (nSPS) is 14.1. The monoisotopic (exact) mass is 690 g/mol. The number of carbonyl (C=O) groups is 2. The molecule has 1 aliphatic rings. The van der Waals surface area contributed by atoms with Crippen LogP contribution in [0.1, 0.15) is 31.4 Å². The number of nitrogens with zero attached hydrogens (tertiary/aromatic N) is 2. The molecule has 242 valence electrons. The SMILES string of the molecule is CN=C(NCCSCc1csc([NH+]=C(N)N)n1)NS(=O)(=O)c1cccc(S(=O)(=O)NC2CCCC2)c1.O=C([O-])/C=C/C(=O)O. The standard InChI is InChI=1S/C20H30N8O4S4.C4H4O4/c1-23-19(24-9-10-33-12-15-13-34-20(25-15)26-18(21)22)28-36(31,32)17-8-4-7-16(11-17)35(29,30)27-14-5-2-3-6-14;5-3(6)1-2-4(7)8/h4,7-8,11,13-14,27H,2-3,5-6,9-10,12H2,1H3,(H2,23,24,28)(H4,21,22,25,26);1-2H,(H,5,6)(H,7,8)/b;2-1+. The summed E-state index contributed by atoms with van der Waals surface area (Å²) >= 11 is 3.00. The van der Waals surface area contributed by atoms with Gasteiger partial charge in [0, 0.05) is 42.6 Å². The summed E-state index contributed by atoms with van der Waals surface area (Å²) < 4.78 is 56.3. The number of thioether (sulfide) groups is 1. The van der Waals surface area contributed by atoms with E-state index in [0.717, 1.165) is 37.4 Å². The van der Waals surface area contributed by atoms with Gasteiger partial charge in [0.25, 0.3) is 15.2 Å². The van der Waals surface area contributed by atoms with Gasteiger partial charge >= 0.3 is 11.9 Å². The Morgan fingerprint density at radius 1 is 1.18 bits per heavy atom. The van der Waals surface area contributed by atoms with Gasteiger partial charge in [-0.15, -0.1) is 4.98 Å². The molecule has 1 aromatic heterocycles. The zero-order chi connectivity index (χ0) is 32.8. The van der Waals surface area contributed by atoms with Crippen LogP contribution in [-0.4, -0.2) is 76.2 Å². The lowest BCUT2D eigenvalue weighted by atomic mass is 10.3. The molecular formula is C24H34N8O8S4. The maximum absolute atomic E-state index is 12.9. The van der Waals surface area contributed by atoms with Crippen LogP contribution in [0.2, 0.25) is 0 Å². The molecule has 44 heavy (non-hydrogen) atoms. The van der Waals surface area contributed by atoms with E-state index in [1.165, 1.54) is 36.6 Å². The Balaban J connectivity index is 0.000000742. The van der Waals surface area contributed by atoms with Crippen molar-refractivity contribution in [2.75, 3.05) is 19.3 Å².